The van der Waals surface area contributed by atoms with Gasteiger partial charge in [-0.25, -0.2) is 0 Å². The minimum Gasteiger partial charge on any atom is -0.360 e. The van der Waals surface area contributed by atoms with Crippen LogP contribution in [0, 0.1) is 5.41 Å². The van der Waals surface area contributed by atoms with Crippen LogP contribution in [-0.2, 0) is 9.59 Å². The maximum atomic E-state index is 12.5. The number of aromatic nitrogens is 1. The smallest absolute Gasteiger partial charge is 0.229 e. The van der Waals surface area contributed by atoms with E-state index in [-0.39, 0.29) is 17.2 Å². The zero-order valence-corrected chi connectivity index (χ0v) is 18.9. The van der Waals surface area contributed by atoms with Crippen molar-refractivity contribution in [2.75, 3.05) is 25.4 Å². The summed E-state index contributed by atoms with van der Waals surface area (Å²) in [5, 5.41) is 5.39. The van der Waals surface area contributed by atoms with Gasteiger partial charge in [0, 0.05) is 58.7 Å². The summed E-state index contributed by atoms with van der Waals surface area (Å²) in [5.41, 5.74) is 1.11. The van der Waals surface area contributed by atoms with Crippen LogP contribution in [0.25, 0.3) is 10.9 Å². The number of nitrogens with one attached hydrogen (secondary N) is 2. The van der Waals surface area contributed by atoms with E-state index in [1.54, 1.807) is 0 Å². The normalized spacial score (nSPS) is 18.8. The Kier molecular flexibility index (Phi) is 7.06. The van der Waals surface area contributed by atoms with E-state index in [2.05, 4.69) is 10.3 Å². The number of unbranched alkanes of at least 4 members (excludes halogenated alkanes) is 1. The van der Waals surface area contributed by atoms with Gasteiger partial charge in [0.2, 0.25) is 11.8 Å². The predicted octanol–water partition coefficient (Wildman–Crippen LogP) is 4.99. The summed E-state index contributed by atoms with van der Waals surface area (Å²) >= 11 is 7.92. The average molecular weight is 448 g/mol. The molecule has 2 aliphatic rings. The predicted molar refractivity (Wildman–Crippen MR) is 123 cm³/mol. The Balaban J connectivity index is 1.10. The molecule has 162 valence electrons. The summed E-state index contributed by atoms with van der Waals surface area (Å²) in [5.74, 6) is 1.08. The second kappa shape index (κ2) is 9.75. The van der Waals surface area contributed by atoms with E-state index in [1.807, 2.05) is 36.2 Å². The van der Waals surface area contributed by atoms with Crippen molar-refractivity contribution in [2.24, 2.45) is 5.41 Å². The summed E-state index contributed by atoms with van der Waals surface area (Å²) in [4.78, 5) is 31.0. The molecule has 1 saturated heterocycles. The Hall–Kier alpha value is -1.50. The number of rotatable bonds is 9. The molecular formula is C23H30ClN3O2S. The molecule has 0 atom stereocenters. The van der Waals surface area contributed by atoms with Crippen molar-refractivity contribution in [2.45, 2.75) is 56.3 Å². The lowest BCUT2D eigenvalue weighted by Crippen LogP contribution is -2.47. The fraction of sp³-hybridized carbons (Fsp3) is 0.565. The van der Waals surface area contributed by atoms with Gasteiger partial charge in [-0.1, -0.05) is 24.4 Å². The summed E-state index contributed by atoms with van der Waals surface area (Å²) in [6.07, 6.45) is 9.45. The van der Waals surface area contributed by atoms with Gasteiger partial charge in [0.15, 0.2) is 0 Å². The highest BCUT2D eigenvalue weighted by Gasteiger charge is 2.44. The van der Waals surface area contributed by atoms with Crippen molar-refractivity contribution in [3.8, 4) is 0 Å². The molecule has 2 N–H and O–H groups in total. The number of fused-ring (bicyclic) bond motifs is 1. The number of thioether (sulfide) groups is 1. The fourth-order valence-corrected chi connectivity index (χ4v) is 5.93. The zero-order chi connectivity index (χ0) is 21.0. The van der Waals surface area contributed by atoms with E-state index >= 15 is 0 Å². The molecule has 0 radical (unpaired) electrons. The Morgan fingerprint density at radius 1 is 1.10 bits per heavy atom. The van der Waals surface area contributed by atoms with E-state index in [9.17, 15) is 9.59 Å². The van der Waals surface area contributed by atoms with E-state index < -0.39 is 0 Å². The number of carbonyl (C=O) groups excluding carboxylic acids is 2. The minimum absolute atomic E-state index is 0.0000139. The fourth-order valence-electron chi connectivity index (χ4n) is 4.83. The minimum atomic E-state index is 0.0000139. The van der Waals surface area contributed by atoms with Crippen LogP contribution in [0.4, 0.5) is 0 Å². The molecule has 1 aliphatic heterocycles. The maximum absolute atomic E-state index is 12.5. The monoisotopic (exact) mass is 447 g/mol. The average Bonchev–Trinajstić information content (AvgIpc) is 3.32. The van der Waals surface area contributed by atoms with Gasteiger partial charge in [-0.05, 0) is 55.8 Å². The van der Waals surface area contributed by atoms with Gasteiger partial charge in [0.25, 0.3) is 0 Å². The van der Waals surface area contributed by atoms with Crippen LogP contribution in [0.5, 0.6) is 0 Å². The number of benzene rings is 1. The molecule has 0 unspecified atom stereocenters. The lowest BCUT2D eigenvalue weighted by molar-refractivity contribution is -0.153. The van der Waals surface area contributed by atoms with Crippen LogP contribution in [-0.4, -0.2) is 47.1 Å². The van der Waals surface area contributed by atoms with Gasteiger partial charge in [-0.3, -0.25) is 14.5 Å². The SMILES string of the molecule is O=C1CC2(CCCC2)CC(=O)N1CCCCNCCSc1c[nH]c2ccc(Cl)cc12. The van der Waals surface area contributed by atoms with Gasteiger partial charge >= 0.3 is 0 Å². The first kappa shape index (κ1) is 21.7. The Morgan fingerprint density at radius 2 is 1.87 bits per heavy atom. The lowest BCUT2D eigenvalue weighted by atomic mass is 9.76. The standard InChI is InChI=1S/C23H30ClN3O2S/c24-17-5-6-19-18(13-17)20(16-26-19)30-12-10-25-9-3-4-11-27-21(28)14-23(15-22(27)29)7-1-2-8-23/h5-6,13,16,25-26H,1-4,7-12,14-15H2. The molecule has 2 amide bonds. The summed E-state index contributed by atoms with van der Waals surface area (Å²) < 4.78 is 0. The summed E-state index contributed by atoms with van der Waals surface area (Å²) in [6.45, 7) is 2.39. The number of carbonyl (C=O) groups is 2. The van der Waals surface area contributed by atoms with E-state index in [4.69, 9.17) is 11.6 Å². The van der Waals surface area contributed by atoms with Crippen molar-refractivity contribution in [1.82, 2.24) is 15.2 Å². The second-order valence-electron chi connectivity index (χ2n) is 8.65. The lowest BCUT2D eigenvalue weighted by Gasteiger charge is -2.37. The largest absolute Gasteiger partial charge is 0.360 e. The van der Waals surface area contributed by atoms with Gasteiger partial charge in [-0.2, -0.15) is 0 Å². The van der Waals surface area contributed by atoms with Crippen LogP contribution >= 0.6 is 23.4 Å². The zero-order valence-electron chi connectivity index (χ0n) is 17.3. The third-order valence-electron chi connectivity index (χ3n) is 6.45. The van der Waals surface area contributed by atoms with E-state index in [0.29, 0.717) is 19.4 Å². The van der Waals surface area contributed by atoms with Crippen LogP contribution in [0.15, 0.2) is 29.3 Å². The van der Waals surface area contributed by atoms with Crippen LogP contribution in [0.3, 0.4) is 0 Å². The number of likely N-dealkylation sites (tertiary alicyclic amines) is 1. The third-order valence-corrected chi connectivity index (χ3v) is 7.74. The number of halogens is 1. The number of imide groups is 1. The highest BCUT2D eigenvalue weighted by atomic mass is 35.5. The van der Waals surface area contributed by atoms with Gasteiger partial charge < -0.3 is 10.3 Å². The maximum Gasteiger partial charge on any atom is 0.229 e. The number of nitrogens with zero attached hydrogens (tertiary/aromatic N) is 1. The molecule has 7 heteroatoms. The number of piperidine rings is 1. The highest BCUT2D eigenvalue weighted by molar-refractivity contribution is 7.99. The molecule has 2 aromatic rings. The number of amides is 2. The summed E-state index contributed by atoms with van der Waals surface area (Å²) in [6, 6.07) is 5.90. The Morgan fingerprint density at radius 3 is 2.63 bits per heavy atom. The van der Waals surface area contributed by atoms with Crippen molar-refractivity contribution in [1.29, 1.82) is 0 Å². The van der Waals surface area contributed by atoms with Crippen molar-refractivity contribution in [3.63, 3.8) is 0 Å². The van der Waals surface area contributed by atoms with Crippen molar-refractivity contribution >= 4 is 46.1 Å². The molecule has 0 bridgehead atoms. The first-order chi connectivity index (χ1) is 14.6. The number of hydrogen-bond donors (Lipinski definition) is 2. The molecule has 1 spiro atoms. The Bertz CT molecular complexity index is 887. The first-order valence-electron chi connectivity index (χ1n) is 11.0. The van der Waals surface area contributed by atoms with Crippen molar-refractivity contribution in [3.05, 3.63) is 29.4 Å². The molecule has 4 rings (SSSR count). The second-order valence-corrected chi connectivity index (χ2v) is 10.2. The molecule has 1 saturated carbocycles. The molecule has 1 aliphatic carbocycles. The summed E-state index contributed by atoms with van der Waals surface area (Å²) in [7, 11) is 0. The molecule has 1 aromatic heterocycles. The topological polar surface area (TPSA) is 65.2 Å². The van der Waals surface area contributed by atoms with Crippen LogP contribution in [0.1, 0.15) is 51.4 Å². The number of H-pyrrole nitrogens is 1. The Labute approximate surface area is 187 Å². The van der Waals surface area contributed by atoms with Gasteiger partial charge in [-0.15, -0.1) is 11.8 Å². The van der Waals surface area contributed by atoms with Crippen molar-refractivity contribution < 1.29 is 9.59 Å². The highest BCUT2D eigenvalue weighted by Crippen LogP contribution is 2.46. The molecule has 2 fully saturated rings. The van der Waals surface area contributed by atoms with Crippen LogP contribution < -0.4 is 5.32 Å². The van der Waals surface area contributed by atoms with Crippen LogP contribution in [0.2, 0.25) is 5.02 Å². The van der Waals surface area contributed by atoms with E-state index in [1.165, 1.54) is 28.0 Å². The van der Waals surface area contributed by atoms with E-state index in [0.717, 1.165) is 55.1 Å². The van der Waals surface area contributed by atoms with Gasteiger partial charge in [0.1, 0.15) is 0 Å². The van der Waals surface area contributed by atoms with Gasteiger partial charge in [0.05, 0.1) is 0 Å². The molecular weight excluding hydrogens is 418 g/mol. The molecule has 30 heavy (non-hydrogen) atoms. The number of aromatic amines is 1. The number of hydrogen-bond acceptors (Lipinski definition) is 4. The molecule has 1 aromatic carbocycles. The molecule has 2 heterocycles. The third kappa shape index (κ3) is 5.04. The quantitative estimate of drug-likeness (QED) is 0.323. The first-order valence-corrected chi connectivity index (χ1v) is 12.4. The molecule has 5 nitrogen and oxygen atoms in total.